The fraction of sp³-hybridized carbons (Fsp3) is 0.348. The summed E-state index contributed by atoms with van der Waals surface area (Å²) in [6, 6.07) is 16.9. The van der Waals surface area contributed by atoms with Crippen molar-refractivity contribution in [2.24, 2.45) is 0 Å². The Hall–Kier alpha value is -2.95. The largest absolute Gasteiger partial charge is 0.368 e. The van der Waals surface area contributed by atoms with Gasteiger partial charge in [0.15, 0.2) is 0 Å². The number of aryl methyl sites for hydroxylation is 1. The second-order valence-corrected chi connectivity index (χ2v) is 7.30. The van der Waals surface area contributed by atoms with Crippen molar-refractivity contribution in [2.45, 2.75) is 19.8 Å². The quantitative estimate of drug-likeness (QED) is 0.712. The van der Waals surface area contributed by atoms with Gasteiger partial charge in [-0.2, -0.15) is 0 Å². The Kier molecular flexibility index (Phi) is 5.51. The topological polar surface area (TPSA) is 51.4 Å². The van der Waals surface area contributed by atoms with Crippen LogP contribution in [-0.4, -0.2) is 48.6 Å². The number of fused-ring (bicyclic) bond motifs is 1. The van der Waals surface area contributed by atoms with Crippen LogP contribution in [0.2, 0.25) is 0 Å². The molecule has 0 saturated carbocycles. The molecule has 0 aliphatic carbocycles. The number of carbonyl (C=O) groups excluding carboxylic acids is 1. The normalized spacial score (nSPS) is 14.5. The molecule has 3 aromatic rings. The number of benzene rings is 2. The molecule has 1 saturated heterocycles. The summed E-state index contributed by atoms with van der Waals surface area (Å²) in [5, 5.41) is 4.32. The van der Waals surface area contributed by atoms with Crippen LogP contribution in [-0.2, 0) is 12.8 Å². The van der Waals surface area contributed by atoms with Crippen LogP contribution < -0.4 is 10.2 Å². The first kappa shape index (κ1) is 18.4. The Morgan fingerprint density at radius 2 is 1.75 bits per heavy atom. The molecule has 0 spiro atoms. The van der Waals surface area contributed by atoms with E-state index in [1.165, 1.54) is 22.2 Å². The smallest absolute Gasteiger partial charge is 0.317 e. The lowest BCUT2D eigenvalue weighted by Gasteiger charge is -2.37. The maximum absolute atomic E-state index is 12.5. The third kappa shape index (κ3) is 3.84. The van der Waals surface area contributed by atoms with Gasteiger partial charge in [0.25, 0.3) is 0 Å². The Bertz CT molecular complexity index is 940. The Labute approximate surface area is 166 Å². The van der Waals surface area contributed by atoms with Gasteiger partial charge in [-0.15, -0.1) is 0 Å². The summed E-state index contributed by atoms with van der Waals surface area (Å²) in [7, 11) is 0. The standard InChI is InChI=1S/C23H28N4O/c1-2-18-7-3-6-10-22(18)26-13-15-27(16-14-26)23(28)24-12-11-19-17-25-21-9-5-4-8-20(19)21/h3-10,17,25H,2,11-16H2,1H3,(H,24,28). The molecule has 0 atom stereocenters. The van der Waals surface area contributed by atoms with E-state index in [0.717, 1.165) is 44.5 Å². The van der Waals surface area contributed by atoms with E-state index in [0.29, 0.717) is 6.54 Å². The average Bonchev–Trinajstić information content (AvgIpc) is 3.17. The third-order valence-electron chi connectivity index (χ3n) is 5.63. The first-order chi connectivity index (χ1) is 13.8. The molecule has 0 radical (unpaired) electrons. The van der Waals surface area contributed by atoms with E-state index in [9.17, 15) is 4.79 Å². The highest BCUT2D eigenvalue weighted by Crippen LogP contribution is 2.22. The number of hydrogen-bond acceptors (Lipinski definition) is 2. The maximum atomic E-state index is 12.5. The minimum absolute atomic E-state index is 0.0447. The van der Waals surface area contributed by atoms with Gasteiger partial charge in [-0.1, -0.05) is 43.3 Å². The SMILES string of the molecule is CCc1ccccc1N1CCN(C(=O)NCCc2c[nH]c3ccccc23)CC1. The molecule has 5 heteroatoms. The number of H-pyrrole nitrogens is 1. The second kappa shape index (κ2) is 8.38. The summed E-state index contributed by atoms with van der Waals surface area (Å²) in [4.78, 5) is 20.2. The molecule has 4 rings (SSSR count). The molecule has 0 bridgehead atoms. The summed E-state index contributed by atoms with van der Waals surface area (Å²) in [6.07, 6.45) is 3.91. The van der Waals surface area contributed by atoms with Crippen LogP contribution >= 0.6 is 0 Å². The number of piperazine rings is 1. The first-order valence-corrected chi connectivity index (χ1v) is 10.2. The van der Waals surface area contributed by atoms with Gasteiger partial charge in [-0.25, -0.2) is 4.79 Å². The Balaban J connectivity index is 1.27. The first-order valence-electron chi connectivity index (χ1n) is 10.2. The number of anilines is 1. The van der Waals surface area contributed by atoms with E-state index in [1.807, 2.05) is 17.2 Å². The summed E-state index contributed by atoms with van der Waals surface area (Å²) >= 11 is 0. The molecule has 0 unspecified atom stereocenters. The minimum atomic E-state index is 0.0447. The second-order valence-electron chi connectivity index (χ2n) is 7.30. The molecule has 2 N–H and O–H groups in total. The monoisotopic (exact) mass is 376 g/mol. The molecule has 2 heterocycles. The predicted molar refractivity (Wildman–Crippen MR) is 115 cm³/mol. The number of aromatic amines is 1. The summed E-state index contributed by atoms with van der Waals surface area (Å²) in [5.41, 5.74) is 5.08. The average molecular weight is 377 g/mol. The van der Waals surface area contributed by atoms with Gasteiger partial charge in [0.1, 0.15) is 0 Å². The van der Waals surface area contributed by atoms with Crippen molar-refractivity contribution in [2.75, 3.05) is 37.6 Å². The van der Waals surface area contributed by atoms with E-state index in [-0.39, 0.29) is 6.03 Å². The van der Waals surface area contributed by atoms with E-state index in [2.05, 4.69) is 64.6 Å². The van der Waals surface area contributed by atoms with Crippen LogP contribution in [0.4, 0.5) is 10.5 Å². The fourth-order valence-corrected chi connectivity index (χ4v) is 4.02. The van der Waals surface area contributed by atoms with Crippen LogP contribution in [0, 0.1) is 0 Å². The molecule has 28 heavy (non-hydrogen) atoms. The van der Waals surface area contributed by atoms with Crippen molar-refractivity contribution in [3.63, 3.8) is 0 Å². The van der Waals surface area contributed by atoms with Crippen molar-refractivity contribution in [3.8, 4) is 0 Å². The van der Waals surface area contributed by atoms with E-state index in [1.54, 1.807) is 0 Å². The fourth-order valence-electron chi connectivity index (χ4n) is 4.02. The molecule has 1 fully saturated rings. The molecule has 2 amide bonds. The number of para-hydroxylation sites is 2. The number of nitrogens with one attached hydrogen (secondary N) is 2. The highest BCUT2D eigenvalue weighted by atomic mass is 16.2. The van der Waals surface area contributed by atoms with Gasteiger partial charge in [0.2, 0.25) is 0 Å². The van der Waals surface area contributed by atoms with Crippen molar-refractivity contribution < 1.29 is 4.79 Å². The van der Waals surface area contributed by atoms with Crippen molar-refractivity contribution in [3.05, 3.63) is 65.9 Å². The van der Waals surface area contributed by atoms with Crippen LogP contribution in [0.25, 0.3) is 10.9 Å². The molecule has 1 aliphatic heterocycles. The summed E-state index contributed by atoms with van der Waals surface area (Å²) < 4.78 is 0. The molecule has 1 aliphatic rings. The molecule has 5 nitrogen and oxygen atoms in total. The highest BCUT2D eigenvalue weighted by Gasteiger charge is 2.22. The lowest BCUT2D eigenvalue weighted by Crippen LogP contribution is -2.52. The highest BCUT2D eigenvalue weighted by molar-refractivity contribution is 5.83. The number of carbonyl (C=O) groups is 1. The number of hydrogen-bond donors (Lipinski definition) is 2. The lowest BCUT2D eigenvalue weighted by atomic mass is 10.1. The van der Waals surface area contributed by atoms with Gasteiger partial charge < -0.3 is 20.1 Å². The van der Waals surface area contributed by atoms with E-state index < -0.39 is 0 Å². The third-order valence-corrected chi connectivity index (χ3v) is 5.63. The van der Waals surface area contributed by atoms with Crippen molar-refractivity contribution in [1.29, 1.82) is 0 Å². The lowest BCUT2D eigenvalue weighted by molar-refractivity contribution is 0.194. The summed E-state index contributed by atoms with van der Waals surface area (Å²) in [6.45, 7) is 6.13. The van der Waals surface area contributed by atoms with Crippen LogP contribution in [0.5, 0.6) is 0 Å². The molecule has 1 aromatic heterocycles. The van der Waals surface area contributed by atoms with Crippen LogP contribution in [0.3, 0.4) is 0 Å². The minimum Gasteiger partial charge on any atom is -0.368 e. The zero-order valence-corrected chi connectivity index (χ0v) is 16.4. The van der Waals surface area contributed by atoms with Crippen LogP contribution in [0.15, 0.2) is 54.7 Å². The van der Waals surface area contributed by atoms with E-state index >= 15 is 0 Å². The van der Waals surface area contributed by atoms with Crippen LogP contribution in [0.1, 0.15) is 18.1 Å². The molecule has 2 aromatic carbocycles. The summed E-state index contributed by atoms with van der Waals surface area (Å²) in [5.74, 6) is 0. The van der Waals surface area contributed by atoms with Gasteiger partial charge in [-0.3, -0.25) is 0 Å². The zero-order valence-electron chi connectivity index (χ0n) is 16.4. The number of aromatic nitrogens is 1. The van der Waals surface area contributed by atoms with Crippen molar-refractivity contribution in [1.82, 2.24) is 15.2 Å². The number of urea groups is 1. The predicted octanol–water partition coefficient (Wildman–Crippen LogP) is 3.80. The van der Waals surface area contributed by atoms with Gasteiger partial charge in [0, 0.05) is 55.5 Å². The molecule has 146 valence electrons. The van der Waals surface area contributed by atoms with Crippen molar-refractivity contribution >= 4 is 22.6 Å². The Morgan fingerprint density at radius 1 is 1.00 bits per heavy atom. The van der Waals surface area contributed by atoms with Gasteiger partial charge >= 0.3 is 6.03 Å². The zero-order chi connectivity index (χ0) is 19.3. The number of amides is 2. The number of nitrogens with zero attached hydrogens (tertiary/aromatic N) is 2. The molecular weight excluding hydrogens is 348 g/mol. The maximum Gasteiger partial charge on any atom is 0.317 e. The van der Waals surface area contributed by atoms with E-state index in [4.69, 9.17) is 0 Å². The van der Waals surface area contributed by atoms with Gasteiger partial charge in [-0.05, 0) is 36.1 Å². The Morgan fingerprint density at radius 3 is 2.57 bits per heavy atom. The van der Waals surface area contributed by atoms with Gasteiger partial charge in [0.05, 0.1) is 0 Å². The number of rotatable bonds is 5. The molecular formula is C23H28N4O.